The maximum Gasteiger partial charge on any atom is 0.303 e. The molecule has 1 amide bonds. The molecule has 1 saturated heterocycles. The molecule has 1 aromatic carbocycles. The monoisotopic (exact) mass is 397 g/mol. The van der Waals surface area contributed by atoms with E-state index < -0.39 is 5.97 Å². The highest BCUT2D eigenvalue weighted by molar-refractivity contribution is 5.94. The van der Waals surface area contributed by atoms with Gasteiger partial charge >= 0.3 is 5.97 Å². The third-order valence-corrected chi connectivity index (χ3v) is 6.13. The van der Waals surface area contributed by atoms with Crippen molar-refractivity contribution in [1.82, 2.24) is 14.7 Å². The highest BCUT2D eigenvalue weighted by atomic mass is 16.5. The van der Waals surface area contributed by atoms with Crippen LogP contribution in [-0.2, 0) is 16.0 Å². The van der Waals surface area contributed by atoms with Gasteiger partial charge in [0.25, 0.3) is 5.91 Å². The number of hydrogen-bond acceptors (Lipinski definition) is 4. The van der Waals surface area contributed by atoms with Gasteiger partial charge in [-0.05, 0) is 69.4 Å². The predicted molar refractivity (Wildman–Crippen MR) is 107 cm³/mol. The molecular weight excluding hydrogens is 370 g/mol. The number of nitrogens with zero attached hydrogens (tertiary/aromatic N) is 3. The molecule has 1 aliphatic heterocycles. The van der Waals surface area contributed by atoms with E-state index in [1.165, 1.54) is 0 Å². The van der Waals surface area contributed by atoms with Crippen LogP contribution in [0, 0.1) is 13.8 Å². The minimum Gasteiger partial charge on any atom is -0.481 e. The number of carboxylic acids is 1. The molecule has 7 heteroatoms. The van der Waals surface area contributed by atoms with Gasteiger partial charge in [0.05, 0.1) is 30.1 Å². The number of amides is 1. The van der Waals surface area contributed by atoms with Crippen molar-refractivity contribution in [3.63, 3.8) is 0 Å². The Morgan fingerprint density at radius 2 is 1.97 bits per heavy atom. The molecule has 7 nitrogen and oxygen atoms in total. The van der Waals surface area contributed by atoms with Crippen molar-refractivity contribution in [2.24, 2.45) is 0 Å². The highest BCUT2D eigenvalue weighted by Gasteiger charge is 2.38. The topological polar surface area (TPSA) is 84.7 Å². The molecule has 2 unspecified atom stereocenters. The number of ether oxygens (including phenoxy) is 1. The summed E-state index contributed by atoms with van der Waals surface area (Å²) in [5.74, 6) is -0.751. The zero-order valence-corrected chi connectivity index (χ0v) is 16.9. The lowest BCUT2D eigenvalue weighted by atomic mass is 10.1. The van der Waals surface area contributed by atoms with Crippen molar-refractivity contribution in [2.45, 2.75) is 58.1 Å². The van der Waals surface area contributed by atoms with Crippen molar-refractivity contribution in [1.29, 1.82) is 0 Å². The zero-order chi connectivity index (χ0) is 20.5. The molecule has 2 atom stereocenters. The summed E-state index contributed by atoms with van der Waals surface area (Å²) in [6, 6.07) is 7.71. The SMILES string of the molecule is Cc1nn(-c2ccc(C(=O)N3CCOC4CCCC43)cc2)c(C)c1CCC(=O)O. The Bertz CT molecular complexity index is 919. The molecule has 1 N–H and O–H groups in total. The second-order valence-electron chi connectivity index (χ2n) is 7.91. The van der Waals surface area contributed by atoms with Gasteiger partial charge in [0.2, 0.25) is 0 Å². The molecule has 1 aromatic heterocycles. The van der Waals surface area contributed by atoms with Gasteiger partial charge in [0, 0.05) is 24.2 Å². The maximum atomic E-state index is 13.1. The number of aryl methyl sites for hydroxylation is 1. The molecule has 1 saturated carbocycles. The Hall–Kier alpha value is -2.67. The number of fused-ring (bicyclic) bond motifs is 1. The fraction of sp³-hybridized carbons (Fsp3) is 0.500. The molecule has 154 valence electrons. The fourth-order valence-corrected chi connectivity index (χ4v) is 4.61. The minimum absolute atomic E-state index is 0.0623. The van der Waals surface area contributed by atoms with Crippen LogP contribution in [0.4, 0.5) is 0 Å². The maximum absolute atomic E-state index is 13.1. The number of hydrogen-bond donors (Lipinski definition) is 1. The van der Waals surface area contributed by atoms with Crippen LogP contribution in [0.15, 0.2) is 24.3 Å². The summed E-state index contributed by atoms with van der Waals surface area (Å²) in [5.41, 5.74) is 4.28. The molecule has 2 aliphatic rings. The van der Waals surface area contributed by atoms with E-state index in [4.69, 9.17) is 9.84 Å². The summed E-state index contributed by atoms with van der Waals surface area (Å²) in [6.45, 7) is 5.10. The number of carbonyl (C=O) groups is 2. The Balaban J connectivity index is 1.53. The van der Waals surface area contributed by atoms with Crippen LogP contribution in [0.2, 0.25) is 0 Å². The van der Waals surface area contributed by atoms with Crippen molar-refractivity contribution in [2.75, 3.05) is 13.2 Å². The molecular formula is C22H27N3O4. The molecule has 4 rings (SSSR count). The van der Waals surface area contributed by atoms with Crippen molar-refractivity contribution in [3.05, 3.63) is 46.8 Å². The molecule has 2 aromatic rings. The summed E-state index contributed by atoms with van der Waals surface area (Å²) >= 11 is 0. The van der Waals surface area contributed by atoms with Crippen LogP contribution >= 0.6 is 0 Å². The first kappa shape index (κ1) is 19.6. The molecule has 2 heterocycles. The van der Waals surface area contributed by atoms with E-state index in [1.807, 2.05) is 47.7 Å². The average Bonchev–Trinajstić information content (AvgIpc) is 3.30. The summed E-state index contributed by atoms with van der Waals surface area (Å²) in [7, 11) is 0. The van der Waals surface area contributed by atoms with Crippen LogP contribution in [0.5, 0.6) is 0 Å². The lowest BCUT2D eigenvalue weighted by Crippen LogP contribution is -2.51. The average molecular weight is 397 g/mol. The van der Waals surface area contributed by atoms with Gasteiger partial charge in [-0.25, -0.2) is 4.68 Å². The Morgan fingerprint density at radius 1 is 1.21 bits per heavy atom. The van der Waals surface area contributed by atoms with E-state index in [0.717, 1.165) is 41.9 Å². The van der Waals surface area contributed by atoms with Gasteiger partial charge in [-0.3, -0.25) is 9.59 Å². The zero-order valence-electron chi connectivity index (χ0n) is 16.9. The summed E-state index contributed by atoms with van der Waals surface area (Å²) < 4.78 is 7.64. The standard InChI is InChI=1S/C22H27N3O4/c1-14-18(10-11-21(26)27)15(2)25(23-14)17-8-6-16(7-9-17)22(28)24-12-13-29-20-5-3-4-19(20)24/h6-9,19-20H,3-5,10-13H2,1-2H3,(H,26,27). The number of aromatic nitrogens is 2. The first-order chi connectivity index (χ1) is 14.0. The van der Waals surface area contributed by atoms with Crippen molar-refractivity contribution in [3.8, 4) is 5.69 Å². The van der Waals surface area contributed by atoms with E-state index in [0.29, 0.717) is 25.1 Å². The van der Waals surface area contributed by atoms with Gasteiger partial charge in [0.1, 0.15) is 0 Å². The first-order valence-corrected chi connectivity index (χ1v) is 10.3. The van der Waals surface area contributed by atoms with Gasteiger partial charge in [0.15, 0.2) is 0 Å². The summed E-state index contributed by atoms with van der Waals surface area (Å²) in [5, 5.41) is 13.5. The molecule has 0 spiro atoms. The van der Waals surface area contributed by atoms with E-state index in [2.05, 4.69) is 5.10 Å². The van der Waals surface area contributed by atoms with E-state index in [1.54, 1.807) is 0 Å². The third-order valence-electron chi connectivity index (χ3n) is 6.13. The number of rotatable bonds is 5. The van der Waals surface area contributed by atoms with Crippen molar-refractivity contribution < 1.29 is 19.4 Å². The van der Waals surface area contributed by atoms with Gasteiger partial charge in [-0.2, -0.15) is 5.10 Å². The molecule has 0 radical (unpaired) electrons. The Morgan fingerprint density at radius 3 is 2.69 bits per heavy atom. The third kappa shape index (κ3) is 3.79. The number of carboxylic acid groups (broad SMARTS) is 1. The van der Waals surface area contributed by atoms with Gasteiger partial charge in [-0.1, -0.05) is 0 Å². The Kier molecular flexibility index (Phi) is 5.41. The normalized spacial score (nSPS) is 21.2. The van der Waals surface area contributed by atoms with Gasteiger partial charge < -0.3 is 14.7 Å². The molecule has 0 bridgehead atoms. The second kappa shape index (κ2) is 7.99. The smallest absolute Gasteiger partial charge is 0.303 e. The molecule has 29 heavy (non-hydrogen) atoms. The quantitative estimate of drug-likeness (QED) is 0.839. The number of carbonyl (C=O) groups excluding carboxylic acids is 1. The first-order valence-electron chi connectivity index (χ1n) is 10.3. The number of benzene rings is 1. The van der Waals surface area contributed by atoms with E-state index in [-0.39, 0.29) is 24.5 Å². The van der Waals surface area contributed by atoms with Crippen LogP contribution in [0.1, 0.15) is 53.0 Å². The second-order valence-corrected chi connectivity index (χ2v) is 7.91. The Labute approximate surface area is 170 Å². The van der Waals surface area contributed by atoms with Crippen molar-refractivity contribution >= 4 is 11.9 Å². The van der Waals surface area contributed by atoms with Crippen LogP contribution in [0.3, 0.4) is 0 Å². The lowest BCUT2D eigenvalue weighted by molar-refractivity contribution is -0.136. The van der Waals surface area contributed by atoms with Crippen LogP contribution in [-0.4, -0.2) is 57.0 Å². The van der Waals surface area contributed by atoms with Gasteiger partial charge in [-0.15, -0.1) is 0 Å². The van der Waals surface area contributed by atoms with E-state index in [9.17, 15) is 9.59 Å². The minimum atomic E-state index is -0.813. The fourth-order valence-electron chi connectivity index (χ4n) is 4.61. The lowest BCUT2D eigenvalue weighted by Gasteiger charge is -2.37. The number of aliphatic carboxylic acids is 1. The summed E-state index contributed by atoms with van der Waals surface area (Å²) in [4.78, 5) is 25.9. The van der Waals surface area contributed by atoms with Crippen LogP contribution in [0.25, 0.3) is 5.69 Å². The predicted octanol–water partition coefficient (Wildman–Crippen LogP) is 2.90. The van der Waals surface area contributed by atoms with E-state index >= 15 is 0 Å². The number of morpholine rings is 1. The van der Waals surface area contributed by atoms with Crippen LogP contribution < -0.4 is 0 Å². The highest BCUT2D eigenvalue weighted by Crippen LogP contribution is 2.30. The molecule has 1 aliphatic carbocycles. The largest absolute Gasteiger partial charge is 0.481 e. The summed E-state index contributed by atoms with van der Waals surface area (Å²) in [6.07, 6.45) is 3.90. The molecule has 2 fully saturated rings.